The third-order valence-electron chi connectivity index (χ3n) is 3.29. The van der Waals surface area contributed by atoms with Gasteiger partial charge in [0.25, 0.3) is 0 Å². The van der Waals surface area contributed by atoms with Crippen LogP contribution in [0.1, 0.15) is 33.1 Å². The van der Waals surface area contributed by atoms with Crippen LogP contribution in [0.25, 0.3) is 0 Å². The van der Waals surface area contributed by atoms with Crippen molar-refractivity contribution in [3.63, 3.8) is 0 Å². The van der Waals surface area contributed by atoms with E-state index in [1.165, 1.54) is 0 Å². The summed E-state index contributed by atoms with van der Waals surface area (Å²) in [5.41, 5.74) is -0.987. The van der Waals surface area contributed by atoms with Crippen molar-refractivity contribution >= 4 is 17.7 Å². The van der Waals surface area contributed by atoms with Crippen molar-refractivity contribution in [3.8, 4) is 0 Å². The van der Waals surface area contributed by atoms with Gasteiger partial charge in [-0.15, -0.1) is 0 Å². The maximum atomic E-state index is 11.8. The van der Waals surface area contributed by atoms with Gasteiger partial charge in [-0.25, -0.2) is 0 Å². The van der Waals surface area contributed by atoms with E-state index in [4.69, 9.17) is 0 Å². The van der Waals surface area contributed by atoms with Crippen molar-refractivity contribution in [2.24, 2.45) is 12.5 Å². The molecule has 0 aliphatic rings. The highest BCUT2D eigenvalue weighted by Crippen LogP contribution is 2.31. The lowest BCUT2D eigenvalue weighted by molar-refractivity contribution is -0.151. The zero-order valence-electron chi connectivity index (χ0n) is 10.9. The Kier molecular flexibility index (Phi) is 4.47. The number of nitrogens with zero attached hydrogens (tertiary/aromatic N) is 2. The number of carbonyl (C=O) groups is 2. The molecule has 0 aliphatic carbocycles. The summed E-state index contributed by atoms with van der Waals surface area (Å²) in [6.45, 7) is 3.57. The van der Waals surface area contributed by atoms with E-state index in [0.717, 1.165) is 0 Å². The first kappa shape index (κ1) is 14.2. The maximum Gasteiger partial charge on any atom is 0.310 e. The van der Waals surface area contributed by atoms with Crippen LogP contribution in [-0.4, -0.2) is 26.8 Å². The molecule has 2 N–H and O–H groups in total. The molecule has 0 radical (unpaired) electrons. The molecule has 0 bridgehead atoms. The molecule has 18 heavy (non-hydrogen) atoms. The number of aryl methyl sites for hydroxylation is 1. The van der Waals surface area contributed by atoms with Gasteiger partial charge in [0.15, 0.2) is 5.82 Å². The number of hydrogen-bond acceptors (Lipinski definition) is 3. The number of aliphatic carboxylic acids is 1. The van der Waals surface area contributed by atoms with E-state index < -0.39 is 11.4 Å². The third-order valence-corrected chi connectivity index (χ3v) is 3.29. The van der Waals surface area contributed by atoms with Gasteiger partial charge in [-0.1, -0.05) is 13.8 Å². The minimum atomic E-state index is -0.987. The van der Waals surface area contributed by atoms with Crippen LogP contribution >= 0.6 is 0 Å². The first-order chi connectivity index (χ1) is 8.43. The molecule has 1 aromatic heterocycles. The highest BCUT2D eigenvalue weighted by molar-refractivity contribution is 5.93. The Labute approximate surface area is 106 Å². The number of carbonyl (C=O) groups excluding carboxylic acids is 1. The monoisotopic (exact) mass is 253 g/mol. The number of hydrogen-bond donors (Lipinski definition) is 2. The summed E-state index contributed by atoms with van der Waals surface area (Å²) in [5.74, 6) is -0.808. The van der Waals surface area contributed by atoms with Gasteiger partial charge in [0, 0.05) is 25.7 Å². The summed E-state index contributed by atoms with van der Waals surface area (Å²) < 4.78 is 1.57. The van der Waals surface area contributed by atoms with E-state index in [1.54, 1.807) is 37.8 Å². The number of aromatic nitrogens is 2. The van der Waals surface area contributed by atoms with Crippen molar-refractivity contribution in [2.75, 3.05) is 5.32 Å². The normalized spacial score (nSPS) is 11.3. The molecule has 100 valence electrons. The van der Waals surface area contributed by atoms with Crippen LogP contribution in [0.5, 0.6) is 0 Å². The summed E-state index contributed by atoms with van der Waals surface area (Å²) in [5, 5.41) is 15.9. The van der Waals surface area contributed by atoms with Crippen LogP contribution in [0.15, 0.2) is 12.3 Å². The molecule has 0 saturated heterocycles. The van der Waals surface area contributed by atoms with E-state index in [2.05, 4.69) is 10.4 Å². The Morgan fingerprint density at radius 3 is 2.44 bits per heavy atom. The zero-order valence-corrected chi connectivity index (χ0v) is 10.9. The number of nitrogens with one attached hydrogen (secondary N) is 1. The topological polar surface area (TPSA) is 84.2 Å². The lowest BCUT2D eigenvalue weighted by atomic mass is 9.79. The van der Waals surface area contributed by atoms with Gasteiger partial charge in [0.2, 0.25) is 5.91 Å². The fourth-order valence-corrected chi connectivity index (χ4v) is 1.85. The van der Waals surface area contributed by atoms with Crippen molar-refractivity contribution in [2.45, 2.75) is 33.1 Å². The molecule has 0 spiro atoms. The fraction of sp³-hybridized carbons (Fsp3) is 0.583. The molecule has 0 fully saturated rings. The third kappa shape index (κ3) is 3.09. The lowest BCUT2D eigenvalue weighted by Gasteiger charge is -2.25. The average molecular weight is 253 g/mol. The fourth-order valence-electron chi connectivity index (χ4n) is 1.85. The zero-order chi connectivity index (χ0) is 13.8. The molecule has 6 nitrogen and oxygen atoms in total. The van der Waals surface area contributed by atoms with E-state index in [0.29, 0.717) is 18.7 Å². The number of carboxylic acid groups (broad SMARTS) is 1. The van der Waals surface area contributed by atoms with Crippen LogP contribution in [0.3, 0.4) is 0 Å². The van der Waals surface area contributed by atoms with E-state index >= 15 is 0 Å². The van der Waals surface area contributed by atoms with E-state index in [9.17, 15) is 14.7 Å². The van der Waals surface area contributed by atoms with Gasteiger partial charge < -0.3 is 10.4 Å². The Bertz CT molecular complexity index is 436. The first-order valence-corrected chi connectivity index (χ1v) is 5.96. The summed E-state index contributed by atoms with van der Waals surface area (Å²) in [7, 11) is 1.75. The Morgan fingerprint density at radius 1 is 1.44 bits per heavy atom. The maximum absolute atomic E-state index is 11.8. The molecule has 6 heteroatoms. The van der Waals surface area contributed by atoms with Crippen molar-refractivity contribution in [1.29, 1.82) is 0 Å². The number of amides is 1. The Hall–Kier alpha value is -1.85. The summed E-state index contributed by atoms with van der Waals surface area (Å²) in [4.78, 5) is 23.1. The van der Waals surface area contributed by atoms with Crippen LogP contribution in [0.4, 0.5) is 5.82 Å². The predicted molar refractivity (Wildman–Crippen MR) is 67.1 cm³/mol. The molecular weight excluding hydrogens is 234 g/mol. The minimum Gasteiger partial charge on any atom is -0.481 e. The molecule has 1 aromatic rings. The van der Waals surface area contributed by atoms with Gasteiger partial charge in [0.1, 0.15) is 0 Å². The van der Waals surface area contributed by atoms with Crippen LogP contribution < -0.4 is 5.32 Å². The molecule has 0 saturated carbocycles. The summed E-state index contributed by atoms with van der Waals surface area (Å²) in [6.07, 6.45) is 2.52. The molecule has 0 aliphatic heterocycles. The smallest absolute Gasteiger partial charge is 0.310 e. The van der Waals surface area contributed by atoms with Crippen molar-refractivity contribution < 1.29 is 14.7 Å². The van der Waals surface area contributed by atoms with Crippen LogP contribution in [-0.2, 0) is 16.6 Å². The largest absolute Gasteiger partial charge is 0.481 e. The first-order valence-electron chi connectivity index (χ1n) is 5.96. The molecule has 0 atom stereocenters. The average Bonchev–Trinajstić information content (AvgIpc) is 2.71. The van der Waals surface area contributed by atoms with Gasteiger partial charge in [-0.3, -0.25) is 14.3 Å². The summed E-state index contributed by atoms with van der Waals surface area (Å²) in [6, 6.07) is 1.66. The van der Waals surface area contributed by atoms with Crippen molar-refractivity contribution in [1.82, 2.24) is 9.78 Å². The lowest BCUT2D eigenvalue weighted by Crippen LogP contribution is -2.34. The Balaban J connectivity index is 2.70. The quantitative estimate of drug-likeness (QED) is 0.807. The van der Waals surface area contributed by atoms with Gasteiger partial charge in [0.05, 0.1) is 5.41 Å². The highest BCUT2D eigenvalue weighted by atomic mass is 16.4. The highest BCUT2D eigenvalue weighted by Gasteiger charge is 2.37. The molecule has 1 heterocycles. The number of carboxylic acids is 1. The second-order valence-electron chi connectivity index (χ2n) is 4.39. The minimum absolute atomic E-state index is 0.0358. The summed E-state index contributed by atoms with van der Waals surface area (Å²) >= 11 is 0. The molecular formula is C12H19N3O3. The predicted octanol–water partition coefficient (Wildman–Crippen LogP) is 1.64. The van der Waals surface area contributed by atoms with Gasteiger partial charge >= 0.3 is 5.97 Å². The van der Waals surface area contributed by atoms with Gasteiger partial charge in [-0.2, -0.15) is 5.10 Å². The second kappa shape index (κ2) is 5.66. The Morgan fingerprint density at radius 2 is 2.06 bits per heavy atom. The SMILES string of the molecule is CCC(CC)(CC(=O)Nc1ccn(C)n1)C(=O)O. The molecule has 0 aromatic carbocycles. The van der Waals surface area contributed by atoms with E-state index in [-0.39, 0.29) is 12.3 Å². The standard InChI is InChI=1S/C12H19N3O3/c1-4-12(5-2,11(17)18)8-10(16)13-9-6-7-15(3)14-9/h6-7H,4-5,8H2,1-3H3,(H,17,18)(H,13,14,16). The van der Waals surface area contributed by atoms with Crippen molar-refractivity contribution in [3.05, 3.63) is 12.3 Å². The van der Waals surface area contributed by atoms with Crippen LogP contribution in [0, 0.1) is 5.41 Å². The van der Waals surface area contributed by atoms with Crippen LogP contribution in [0.2, 0.25) is 0 Å². The van der Waals surface area contributed by atoms with Gasteiger partial charge in [-0.05, 0) is 12.8 Å². The second-order valence-corrected chi connectivity index (χ2v) is 4.39. The number of anilines is 1. The number of rotatable bonds is 6. The van der Waals surface area contributed by atoms with E-state index in [1.807, 2.05) is 0 Å². The molecule has 1 amide bonds. The molecule has 1 rings (SSSR count). The molecule has 0 unspecified atom stereocenters.